The Bertz CT molecular complexity index is 1800. The van der Waals surface area contributed by atoms with Crippen molar-refractivity contribution in [3.8, 4) is 11.1 Å². The van der Waals surface area contributed by atoms with E-state index in [2.05, 4.69) is 4.98 Å². The van der Waals surface area contributed by atoms with Crippen LogP contribution in [0.1, 0.15) is 36.8 Å². The fourth-order valence-corrected chi connectivity index (χ4v) is 6.59. The zero-order valence-electron chi connectivity index (χ0n) is 24.6. The first-order valence-electron chi connectivity index (χ1n) is 14.1. The van der Waals surface area contributed by atoms with E-state index in [0.717, 1.165) is 21.9 Å². The summed E-state index contributed by atoms with van der Waals surface area (Å²) in [7, 11) is -3.73. The number of pyridine rings is 1. The third-order valence-corrected chi connectivity index (χ3v) is 9.32. The number of hydrogen-bond acceptors (Lipinski definition) is 7. The average Bonchev–Trinajstić information content (AvgIpc) is 3.00. The maximum absolute atomic E-state index is 13.3. The van der Waals surface area contributed by atoms with Gasteiger partial charge in [0, 0.05) is 43.0 Å². The lowest BCUT2D eigenvalue weighted by atomic mass is 10.0. The van der Waals surface area contributed by atoms with Crippen molar-refractivity contribution in [1.82, 2.24) is 14.2 Å². The van der Waals surface area contributed by atoms with Crippen molar-refractivity contribution in [1.29, 1.82) is 0 Å². The Morgan fingerprint density at radius 2 is 1.57 bits per heavy atom. The standard InChI is InChI=1S/C32H33ClN4O6S/c1-32(2,3)43-31(39)37(40)21-28-19-26(12-13-34-28)22-4-6-23(7-5-22)30(38)35-14-16-36(17-15-35)44(41,42)29-11-9-24-18-27(33)10-8-25(24)20-29/h4-13,18-20,37H,14-17,21H2,1-3H3. The van der Waals surface area contributed by atoms with E-state index >= 15 is 0 Å². The van der Waals surface area contributed by atoms with E-state index in [1.807, 2.05) is 0 Å². The molecule has 0 spiro atoms. The second-order valence-corrected chi connectivity index (χ2v) is 13.9. The number of sulfonamides is 1. The summed E-state index contributed by atoms with van der Waals surface area (Å²) in [6.07, 6.45) is 0.665. The van der Waals surface area contributed by atoms with Gasteiger partial charge in [-0.05, 0) is 91.2 Å². The van der Waals surface area contributed by atoms with E-state index < -0.39 is 26.8 Å². The van der Waals surface area contributed by atoms with Gasteiger partial charge in [0.1, 0.15) is 12.1 Å². The van der Waals surface area contributed by atoms with Crippen molar-refractivity contribution in [2.75, 3.05) is 26.2 Å². The van der Waals surface area contributed by atoms with Crippen LogP contribution in [0.5, 0.6) is 0 Å². The predicted molar refractivity (Wildman–Crippen MR) is 168 cm³/mol. The quantitative estimate of drug-likeness (QED) is 0.309. The van der Waals surface area contributed by atoms with Crippen LogP contribution in [0.4, 0.5) is 4.79 Å². The number of quaternary nitrogens is 1. The summed E-state index contributed by atoms with van der Waals surface area (Å²) in [5.41, 5.74) is 1.73. The SMILES string of the molecule is CC(C)(C)OC(=O)[NH+]([O-])Cc1cc(-c2ccc(C(=O)N3CCN(S(=O)(=O)c4ccc5cc(Cl)ccc5c4)CC3)cc2)ccn1. The number of rotatable bonds is 6. The van der Waals surface area contributed by atoms with E-state index in [-0.39, 0.29) is 43.5 Å². The van der Waals surface area contributed by atoms with Crippen LogP contribution in [0.2, 0.25) is 5.02 Å². The highest BCUT2D eigenvalue weighted by molar-refractivity contribution is 7.89. The Labute approximate surface area is 261 Å². The second-order valence-electron chi connectivity index (χ2n) is 11.6. The number of ether oxygens (including phenoxy) is 1. The topological polar surface area (TPSA) is 124 Å². The number of aromatic nitrogens is 1. The smallest absolute Gasteiger partial charge is 0.515 e. The third kappa shape index (κ3) is 7.25. The maximum atomic E-state index is 13.3. The molecule has 1 saturated heterocycles. The van der Waals surface area contributed by atoms with Gasteiger partial charge in [-0.3, -0.25) is 14.8 Å². The summed E-state index contributed by atoms with van der Waals surface area (Å²) in [5.74, 6) is -0.186. The number of benzene rings is 3. The highest BCUT2D eigenvalue weighted by atomic mass is 35.5. The van der Waals surface area contributed by atoms with E-state index in [4.69, 9.17) is 16.3 Å². The fraction of sp³-hybridized carbons (Fsp3) is 0.281. The first-order chi connectivity index (χ1) is 20.8. The molecule has 3 aromatic carbocycles. The van der Waals surface area contributed by atoms with E-state index in [9.17, 15) is 23.2 Å². The molecule has 1 fully saturated rings. The fourth-order valence-electron chi connectivity index (χ4n) is 4.95. The van der Waals surface area contributed by atoms with Crippen LogP contribution >= 0.6 is 11.6 Å². The second kappa shape index (κ2) is 12.6. The lowest BCUT2D eigenvalue weighted by molar-refractivity contribution is -0.785. The molecule has 2 heterocycles. The molecule has 0 aliphatic carbocycles. The van der Waals surface area contributed by atoms with Crippen LogP contribution in [0, 0.1) is 5.21 Å². The molecule has 10 nitrogen and oxygen atoms in total. The summed E-state index contributed by atoms with van der Waals surface area (Å²) in [6, 6.07) is 20.8. The average molecular weight is 637 g/mol. The molecule has 1 aliphatic heterocycles. The van der Waals surface area contributed by atoms with Gasteiger partial charge in [-0.25, -0.2) is 8.42 Å². The molecule has 0 bridgehead atoms. The van der Waals surface area contributed by atoms with Crippen LogP contribution < -0.4 is 5.06 Å². The van der Waals surface area contributed by atoms with Gasteiger partial charge in [0.05, 0.1) is 10.6 Å². The molecule has 2 amide bonds. The first kappa shape index (κ1) is 31.6. The van der Waals surface area contributed by atoms with E-state index in [0.29, 0.717) is 16.3 Å². The van der Waals surface area contributed by atoms with Gasteiger partial charge >= 0.3 is 6.09 Å². The van der Waals surface area contributed by atoms with Gasteiger partial charge in [0.25, 0.3) is 5.91 Å². The highest BCUT2D eigenvalue weighted by Crippen LogP contribution is 2.26. The highest BCUT2D eigenvalue weighted by Gasteiger charge is 2.30. The molecular weight excluding hydrogens is 604 g/mol. The van der Waals surface area contributed by atoms with Crippen LogP contribution in [-0.4, -0.2) is 66.4 Å². The molecule has 1 atom stereocenters. The molecule has 1 unspecified atom stereocenters. The van der Waals surface area contributed by atoms with Gasteiger partial charge < -0.3 is 14.8 Å². The number of alkyl carbamates (subject to hydrolysis) is 1. The van der Waals surface area contributed by atoms with Gasteiger partial charge in [-0.1, -0.05) is 35.9 Å². The molecule has 0 saturated carbocycles. The zero-order chi connectivity index (χ0) is 31.6. The van der Waals surface area contributed by atoms with Crippen molar-refractivity contribution in [3.05, 3.63) is 100 Å². The van der Waals surface area contributed by atoms with Crippen LogP contribution in [0.25, 0.3) is 21.9 Å². The van der Waals surface area contributed by atoms with E-state index in [1.54, 1.807) is 105 Å². The number of hydroxylamine groups is 2. The Hall–Kier alpha value is -3.87. The van der Waals surface area contributed by atoms with Crippen molar-refractivity contribution in [2.45, 2.75) is 37.8 Å². The number of fused-ring (bicyclic) bond motifs is 1. The number of nitrogens with one attached hydrogen (secondary N) is 1. The van der Waals surface area contributed by atoms with Crippen molar-refractivity contribution in [3.63, 3.8) is 0 Å². The lowest BCUT2D eigenvalue weighted by Gasteiger charge is -2.34. The number of halogens is 1. The first-order valence-corrected chi connectivity index (χ1v) is 15.9. The number of carbonyl (C=O) groups is 2. The van der Waals surface area contributed by atoms with Crippen LogP contribution in [0.3, 0.4) is 0 Å². The van der Waals surface area contributed by atoms with Crippen molar-refractivity contribution >= 4 is 44.4 Å². The molecule has 4 aromatic rings. The minimum atomic E-state index is -3.73. The molecule has 0 radical (unpaired) electrons. The summed E-state index contributed by atoms with van der Waals surface area (Å²) in [4.78, 5) is 31.4. The third-order valence-electron chi connectivity index (χ3n) is 7.19. The zero-order valence-corrected chi connectivity index (χ0v) is 26.2. The number of amides is 2. The largest absolute Gasteiger partial charge is 0.624 e. The predicted octanol–water partition coefficient (Wildman–Crippen LogP) is 4.52. The summed E-state index contributed by atoms with van der Waals surface area (Å²) in [6.45, 7) is 5.81. The molecular formula is C32H33ClN4O6S. The normalized spacial score (nSPS) is 15.2. The maximum Gasteiger partial charge on any atom is 0.515 e. The van der Waals surface area contributed by atoms with Crippen molar-refractivity contribution in [2.24, 2.45) is 0 Å². The molecule has 5 rings (SSSR count). The van der Waals surface area contributed by atoms with Gasteiger partial charge in [-0.2, -0.15) is 9.10 Å². The summed E-state index contributed by atoms with van der Waals surface area (Å²) >= 11 is 6.05. The van der Waals surface area contributed by atoms with Gasteiger partial charge in [0.15, 0.2) is 0 Å². The minimum Gasteiger partial charge on any atom is -0.624 e. The summed E-state index contributed by atoms with van der Waals surface area (Å²) in [5, 5.41) is 13.9. The lowest BCUT2D eigenvalue weighted by Crippen LogP contribution is -3.09. The van der Waals surface area contributed by atoms with E-state index in [1.165, 1.54) is 4.31 Å². The van der Waals surface area contributed by atoms with Gasteiger partial charge in [-0.15, -0.1) is 0 Å². The Morgan fingerprint density at radius 3 is 2.25 bits per heavy atom. The van der Waals surface area contributed by atoms with Crippen molar-refractivity contribution < 1.29 is 27.8 Å². The molecule has 1 N–H and O–H groups in total. The van der Waals surface area contributed by atoms with Crippen LogP contribution in [-0.2, 0) is 21.3 Å². The molecule has 1 aliphatic rings. The molecule has 1 aromatic heterocycles. The number of carbonyl (C=O) groups excluding carboxylic acids is 2. The summed E-state index contributed by atoms with van der Waals surface area (Å²) < 4.78 is 33.2. The molecule has 230 valence electrons. The van der Waals surface area contributed by atoms with Crippen LogP contribution in [0.15, 0.2) is 83.9 Å². The molecule has 12 heteroatoms. The molecule has 44 heavy (non-hydrogen) atoms. The Balaban J connectivity index is 1.20. The Morgan fingerprint density at radius 1 is 0.909 bits per heavy atom. The monoisotopic (exact) mass is 636 g/mol. The van der Waals surface area contributed by atoms with Gasteiger partial charge in [0.2, 0.25) is 10.0 Å². The minimum absolute atomic E-state index is 0.184. The Kier molecular flexibility index (Phi) is 9.05. The number of nitrogens with zero attached hydrogens (tertiary/aromatic N) is 3. The number of piperazine rings is 1. The number of hydrogen-bond donors (Lipinski definition) is 1.